The van der Waals surface area contributed by atoms with Gasteiger partial charge in [0, 0.05) is 13.0 Å². The Labute approximate surface area is 91.9 Å². The van der Waals surface area contributed by atoms with Crippen molar-refractivity contribution in [2.45, 2.75) is 18.9 Å². The summed E-state index contributed by atoms with van der Waals surface area (Å²) < 4.78 is 10.5. The van der Waals surface area contributed by atoms with Crippen molar-refractivity contribution in [3.63, 3.8) is 0 Å². The lowest BCUT2D eigenvalue weighted by molar-refractivity contribution is -0.132. The van der Waals surface area contributed by atoms with Gasteiger partial charge in [-0.15, -0.1) is 0 Å². The number of ketones is 1. The number of aliphatic hydroxyl groups excluding tert-OH is 1. The van der Waals surface area contributed by atoms with Gasteiger partial charge in [-0.1, -0.05) is 0 Å². The van der Waals surface area contributed by atoms with Gasteiger partial charge in [-0.2, -0.15) is 0 Å². The second kappa shape index (κ2) is 4.18. The molecular weight excluding hydrogens is 237 g/mol. The Kier molecular flexibility index (Phi) is 3.44. The van der Waals surface area contributed by atoms with E-state index in [1.165, 1.54) is 6.92 Å². The highest BCUT2D eigenvalue weighted by molar-refractivity contribution is 7.51. The van der Waals surface area contributed by atoms with Gasteiger partial charge < -0.3 is 25.3 Å². The van der Waals surface area contributed by atoms with Crippen molar-refractivity contribution in [1.29, 1.82) is 0 Å². The van der Waals surface area contributed by atoms with Gasteiger partial charge in [-0.25, -0.2) is 0 Å². The minimum Gasteiger partial charge on any atom is -0.503 e. The molecule has 0 spiro atoms. The summed E-state index contributed by atoms with van der Waals surface area (Å²) in [5.74, 6) is -1.36. The quantitative estimate of drug-likeness (QED) is 0.416. The van der Waals surface area contributed by atoms with E-state index in [-0.39, 0.29) is 18.7 Å². The predicted octanol–water partition coefficient (Wildman–Crippen LogP) is -0.753. The van der Waals surface area contributed by atoms with E-state index in [2.05, 4.69) is 5.32 Å². The molecule has 1 atom stereocenters. The zero-order valence-electron chi connectivity index (χ0n) is 8.67. The van der Waals surface area contributed by atoms with Crippen LogP contribution in [0.15, 0.2) is 11.5 Å². The summed E-state index contributed by atoms with van der Waals surface area (Å²) >= 11 is 0. The van der Waals surface area contributed by atoms with Gasteiger partial charge in [0.15, 0.2) is 5.76 Å². The summed E-state index contributed by atoms with van der Waals surface area (Å²) in [4.78, 5) is 28.4. The highest BCUT2D eigenvalue weighted by Gasteiger charge is 2.42. The van der Waals surface area contributed by atoms with Crippen molar-refractivity contribution >= 4 is 13.4 Å². The molecule has 0 amide bonds. The monoisotopic (exact) mass is 251 g/mol. The van der Waals surface area contributed by atoms with Gasteiger partial charge in [0.2, 0.25) is 5.78 Å². The largest absolute Gasteiger partial charge is 0.503 e. The highest BCUT2D eigenvalue weighted by Crippen LogP contribution is 2.33. The third kappa shape index (κ3) is 3.05. The third-order valence-corrected chi connectivity index (χ3v) is 3.06. The van der Waals surface area contributed by atoms with E-state index in [1.807, 2.05) is 0 Å². The molecule has 0 aliphatic heterocycles. The van der Waals surface area contributed by atoms with Crippen molar-refractivity contribution in [3.05, 3.63) is 11.5 Å². The lowest BCUT2D eigenvalue weighted by atomic mass is 10.0. The summed E-state index contributed by atoms with van der Waals surface area (Å²) in [5.41, 5.74) is -1.53. The van der Waals surface area contributed by atoms with E-state index in [9.17, 15) is 19.6 Å². The van der Waals surface area contributed by atoms with Gasteiger partial charge >= 0.3 is 7.60 Å². The number of nitrogens with one attached hydrogen (secondary N) is 1. The minimum absolute atomic E-state index is 0.0764. The zero-order chi connectivity index (χ0) is 12.6. The van der Waals surface area contributed by atoms with Gasteiger partial charge in [0.25, 0.3) is 0 Å². The van der Waals surface area contributed by atoms with Crippen LogP contribution in [0.4, 0.5) is 0 Å². The van der Waals surface area contributed by atoms with Gasteiger partial charge in [-0.05, 0) is 6.92 Å². The van der Waals surface area contributed by atoms with Crippen molar-refractivity contribution in [2.24, 2.45) is 0 Å². The first-order valence-corrected chi connectivity index (χ1v) is 6.41. The Morgan fingerprint density at radius 1 is 1.50 bits per heavy atom. The molecule has 16 heavy (non-hydrogen) atoms. The number of aliphatic hydroxyl groups is 2. The Balaban J connectivity index is 2.57. The SMILES string of the molecule is CC1(O)CC(NCCP(=O)(O)O)=C(O)C1=O. The lowest BCUT2D eigenvalue weighted by Crippen LogP contribution is -2.31. The maximum absolute atomic E-state index is 11.2. The van der Waals surface area contributed by atoms with Gasteiger partial charge in [0.05, 0.1) is 11.9 Å². The summed E-state index contributed by atoms with van der Waals surface area (Å²) in [6, 6.07) is 0. The molecule has 1 unspecified atom stereocenters. The molecular formula is C8H14NO6P. The highest BCUT2D eigenvalue weighted by atomic mass is 31.2. The summed E-state index contributed by atoms with van der Waals surface area (Å²) in [6.45, 7) is 1.19. The summed E-state index contributed by atoms with van der Waals surface area (Å²) in [5, 5.41) is 21.4. The van der Waals surface area contributed by atoms with Gasteiger partial charge in [-0.3, -0.25) is 9.36 Å². The molecule has 1 aliphatic rings. The Morgan fingerprint density at radius 2 is 2.06 bits per heavy atom. The number of carbonyl (C=O) groups is 1. The second-order valence-electron chi connectivity index (χ2n) is 3.92. The average Bonchev–Trinajstić information content (AvgIpc) is 2.28. The van der Waals surface area contributed by atoms with Crippen LogP contribution in [0.5, 0.6) is 0 Å². The molecule has 0 aromatic heterocycles. The van der Waals surface area contributed by atoms with Crippen molar-refractivity contribution in [1.82, 2.24) is 5.32 Å². The summed E-state index contributed by atoms with van der Waals surface area (Å²) in [7, 11) is -4.10. The Hall–Kier alpha value is -0.880. The van der Waals surface area contributed by atoms with Crippen LogP contribution in [0.3, 0.4) is 0 Å². The maximum atomic E-state index is 11.2. The van der Waals surface area contributed by atoms with Crippen LogP contribution in [0.25, 0.3) is 0 Å². The van der Waals surface area contributed by atoms with E-state index < -0.39 is 30.9 Å². The fourth-order valence-corrected chi connectivity index (χ4v) is 1.80. The van der Waals surface area contributed by atoms with Crippen LogP contribution in [0.1, 0.15) is 13.3 Å². The molecule has 0 fully saturated rings. The number of Topliss-reactive ketones (excluding diaryl/α,β-unsaturated/α-hetero) is 1. The van der Waals surface area contributed by atoms with Crippen LogP contribution in [-0.2, 0) is 9.36 Å². The van der Waals surface area contributed by atoms with Crippen molar-refractivity contribution in [2.75, 3.05) is 12.7 Å². The van der Waals surface area contributed by atoms with Crippen LogP contribution in [0.2, 0.25) is 0 Å². The second-order valence-corrected chi connectivity index (χ2v) is 5.70. The Morgan fingerprint density at radius 3 is 2.44 bits per heavy atom. The molecule has 8 heteroatoms. The molecule has 1 aliphatic carbocycles. The lowest BCUT2D eigenvalue weighted by Gasteiger charge is -2.13. The smallest absolute Gasteiger partial charge is 0.327 e. The molecule has 0 saturated heterocycles. The first-order chi connectivity index (χ1) is 7.13. The van der Waals surface area contributed by atoms with E-state index in [1.54, 1.807) is 0 Å². The first kappa shape index (κ1) is 13.2. The molecule has 1 rings (SSSR count). The van der Waals surface area contributed by atoms with Crippen LogP contribution >= 0.6 is 7.60 Å². The Bertz CT molecular complexity index is 382. The molecule has 0 bridgehead atoms. The third-order valence-electron chi connectivity index (χ3n) is 2.25. The average molecular weight is 251 g/mol. The molecule has 92 valence electrons. The fraction of sp³-hybridized carbons (Fsp3) is 0.625. The maximum Gasteiger partial charge on any atom is 0.327 e. The normalized spacial score (nSPS) is 26.4. The van der Waals surface area contributed by atoms with Crippen molar-refractivity contribution in [3.8, 4) is 0 Å². The molecule has 0 saturated carbocycles. The van der Waals surface area contributed by atoms with Gasteiger partial charge in [0.1, 0.15) is 5.60 Å². The minimum atomic E-state index is -4.10. The topological polar surface area (TPSA) is 127 Å². The van der Waals surface area contributed by atoms with E-state index in [4.69, 9.17) is 9.79 Å². The first-order valence-electron chi connectivity index (χ1n) is 4.61. The van der Waals surface area contributed by atoms with E-state index in [0.29, 0.717) is 0 Å². The van der Waals surface area contributed by atoms with Crippen molar-refractivity contribution < 1.29 is 29.4 Å². The molecule has 0 aromatic rings. The predicted molar refractivity (Wildman–Crippen MR) is 54.8 cm³/mol. The molecule has 0 radical (unpaired) electrons. The van der Waals surface area contributed by atoms with E-state index >= 15 is 0 Å². The fourth-order valence-electron chi connectivity index (χ4n) is 1.40. The van der Waals surface area contributed by atoms with Crippen LogP contribution < -0.4 is 5.32 Å². The summed E-state index contributed by atoms with van der Waals surface area (Å²) in [6.07, 6.45) is -0.487. The molecule has 5 N–H and O–H groups in total. The number of rotatable bonds is 4. The number of hydrogen-bond acceptors (Lipinski definition) is 5. The molecule has 7 nitrogen and oxygen atoms in total. The zero-order valence-corrected chi connectivity index (χ0v) is 9.57. The molecule has 0 heterocycles. The number of carbonyl (C=O) groups excluding carboxylic acids is 1. The standard InChI is InChI=1S/C8H14NO6P/c1-8(12)4-5(6(10)7(8)11)9-2-3-16(13,14)15/h9-10,12H,2-4H2,1H3,(H2,13,14,15). The van der Waals surface area contributed by atoms with Crippen LogP contribution in [-0.4, -0.2) is 44.1 Å². The number of hydrogen-bond donors (Lipinski definition) is 5. The van der Waals surface area contributed by atoms with E-state index in [0.717, 1.165) is 0 Å². The molecule has 0 aromatic carbocycles. The van der Waals surface area contributed by atoms with Crippen LogP contribution in [0, 0.1) is 0 Å².